The van der Waals surface area contributed by atoms with E-state index >= 15 is 0 Å². The SMILES string of the molecule is CCN1C(=O)Nc2c(C)cc(C)cc2S1(=O)=O. The second-order valence-corrected chi connectivity index (χ2v) is 5.89. The van der Waals surface area contributed by atoms with Gasteiger partial charge in [-0.2, -0.15) is 0 Å². The van der Waals surface area contributed by atoms with Gasteiger partial charge < -0.3 is 5.32 Å². The number of aryl methyl sites for hydroxylation is 2. The number of carbonyl (C=O) groups excluding carboxylic acids is 1. The highest BCUT2D eigenvalue weighted by Crippen LogP contribution is 2.33. The minimum absolute atomic E-state index is 0.126. The zero-order valence-electron chi connectivity index (χ0n) is 9.94. The fraction of sp³-hybridized carbons (Fsp3) is 0.364. The topological polar surface area (TPSA) is 66.5 Å². The van der Waals surface area contributed by atoms with Crippen LogP contribution >= 0.6 is 0 Å². The van der Waals surface area contributed by atoms with Gasteiger partial charge in [-0.25, -0.2) is 17.5 Å². The monoisotopic (exact) mass is 254 g/mol. The van der Waals surface area contributed by atoms with E-state index in [1.54, 1.807) is 19.9 Å². The Morgan fingerprint density at radius 3 is 2.53 bits per heavy atom. The van der Waals surface area contributed by atoms with Crippen LogP contribution in [0.15, 0.2) is 17.0 Å². The van der Waals surface area contributed by atoms with Crippen LogP contribution in [0.4, 0.5) is 10.5 Å². The molecule has 5 nitrogen and oxygen atoms in total. The van der Waals surface area contributed by atoms with E-state index < -0.39 is 16.1 Å². The molecule has 0 saturated carbocycles. The molecule has 1 N–H and O–H groups in total. The second-order valence-electron chi connectivity index (χ2n) is 4.05. The lowest BCUT2D eigenvalue weighted by Gasteiger charge is -2.29. The normalized spacial score (nSPS) is 17.6. The van der Waals surface area contributed by atoms with E-state index in [0.717, 1.165) is 15.4 Å². The molecule has 1 aromatic rings. The maximum Gasteiger partial charge on any atom is 0.335 e. The molecule has 1 heterocycles. The second kappa shape index (κ2) is 3.73. The number of benzene rings is 1. The Bertz CT molecular complexity index is 593. The lowest BCUT2D eigenvalue weighted by Crippen LogP contribution is -2.44. The average Bonchev–Trinajstić information content (AvgIpc) is 2.20. The van der Waals surface area contributed by atoms with E-state index in [0.29, 0.717) is 5.69 Å². The van der Waals surface area contributed by atoms with Crippen LogP contribution < -0.4 is 5.32 Å². The Balaban J connectivity index is 2.76. The van der Waals surface area contributed by atoms with Gasteiger partial charge in [0, 0.05) is 6.54 Å². The molecule has 0 unspecified atom stereocenters. The summed E-state index contributed by atoms with van der Waals surface area (Å²) in [5, 5.41) is 2.62. The average molecular weight is 254 g/mol. The predicted octanol–water partition coefficient (Wildman–Crippen LogP) is 1.86. The molecular formula is C11H14N2O3S. The summed E-state index contributed by atoms with van der Waals surface area (Å²) in [6, 6.07) is 2.84. The van der Waals surface area contributed by atoms with Crippen molar-refractivity contribution in [1.29, 1.82) is 0 Å². The van der Waals surface area contributed by atoms with Crippen LogP contribution in [0.1, 0.15) is 18.1 Å². The molecular weight excluding hydrogens is 240 g/mol. The third-order valence-electron chi connectivity index (χ3n) is 2.76. The van der Waals surface area contributed by atoms with Crippen molar-refractivity contribution in [2.24, 2.45) is 0 Å². The van der Waals surface area contributed by atoms with Gasteiger partial charge in [-0.3, -0.25) is 0 Å². The van der Waals surface area contributed by atoms with Crippen LogP contribution in [-0.4, -0.2) is 25.3 Å². The molecule has 92 valence electrons. The summed E-state index contributed by atoms with van der Waals surface area (Å²) in [4.78, 5) is 11.9. The summed E-state index contributed by atoms with van der Waals surface area (Å²) in [6.45, 7) is 5.37. The first-order valence-corrected chi connectivity index (χ1v) is 6.77. The summed E-state index contributed by atoms with van der Waals surface area (Å²) < 4.78 is 25.3. The first kappa shape index (κ1) is 11.9. The molecule has 6 heteroatoms. The number of hydrogen-bond acceptors (Lipinski definition) is 3. The molecule has 17 heavy (non-hydrogen) atoms. The Morgan fingerprint density at radius 2 is 1.94 bits per heavy atom. The number of sulfonamides is 1. The van der Waals surface area contributed by atoms with Crippen LogP contribution in [0.5, 0.6) is 0 Å². The van der Waals surface area contributed by atoms with E-state index in [2.05, 4.69) is 5.32 Å². The summed E-state index contributed by atoms with van der Waals surface area (Å²) in [5.74, 6) is 0. The highest BCUT2D eigenvalue weighted by molar-refractivity contribution is 7.90. The highest BCUT2D eigenvalue weighted by atomic mass is 32.2. The molecule has 0 atom stereocenters. The van der Waals surface area contributed by atoms with Gasteiger partial charge in [0.1, 0.15) is 4.90 Å². The number of nitrogens with one attached hydrogen (secondary N) is 1. The minimum atomic E-state index is -3.71. The zero-order valence-corrected chi connectivity index (χ0v) is 10.8. The summed E-state index contributed by atoms with van der Waals surface area (Å²) in [7, 11) is -3.71. The van der Waals surface area contributed by atoms with Crippen molar-refractivity contribution < 1.29 is 13.2 Å². The number of carbonyl (C=O) groups is 1. The van der Waals surface area contributed by atoms with Gasteiger partial charge in [-0.15, -0.1) is 0 Å². The standard InChI is InChI=1S/C11H14N2O3S/c1-4-13-11(14)12-10-8(3)5-7(2)6-9(10)17(13,15)16/h5-6H,4H2,1-3H3,(H,12,14). The van der Waals surface area contributed by atoms with Gasteiger partial charge in [0.15, 0.2) is 0 Å². The van der Waals surface area contributed by atoms with E-state index in [1.165, 1.54) is 0 Å². The van der Waals surface area contributed by atoms with Crippen molar-refractivity contribution in [3.8, 4) is 0 Å². The first-order chi connectivity index (χ1) is 7.87. The molecule has 0 fully saturated rings. The Morgan fingerprint density at radius 1 is 1.29 bits per heavy atom. The van der Waals surface area contributed by atoms with Crippen molar-refractivity contribution in [2.75, 3.05) is 11.9 Å². The van der Waals surface area contributed by atoms with Crippen LogP contribution in [0.25, 0.3) is 0 Å². The number of anilines is 1. The summed E-state index contributed by atoms with van der Waals surface area (Å²) in [6.07, 6.45) is 0. The predicted molar refractivity (Wildman–Crippen MR) is 64.5 cm³/mol. The summed E-state index contributed by atoms with van der Waals surface area (Å²) >= 11 is 0. The molecule has 1 aliphatic heterocycles. The van der Waals surface area contributed by atoms with Gasteiger partial charge >= 0.3 is 6.03 Å². The minimum Gasteiger partial charge on any atom is -0.305 e. The maximum absolute atomic E-state index is 12.2. The van der Waals surface area contributed by atoms with Gasteiger partial charge in [0.2, 0.25) is 0 Å². The maximum atomic E-state index is 12.2. The molecule has 0 saturated heterocycles. The van der Waals surface area contributed by atoms with Crippen molar-refractivity contribution in [2.45, 2.75) is 25.7 Å². The fourth-order valence-corrected chi connectivity index (χ4v) is 3.65. The molecule has 0 aromatic heterocycles. The molecule has 0 spiro atoms. The molecule has 1 aliphatic rings. The largest absolute Gasteiger partial charge is 0.335 e. The van der Waals surface area contributed by atoms with E-state index in [1.807, 2.05) is 13.0 Å². The molecule has 2 amide bonds. The Labute approximate surface area is 100 Å². The number of fused-ring (bicyclic) bond motifs is 1. The smallest absolute Gasteiger partial charge is 0.305 e. The van der Waals surface area contributed by atoms with Crippen molar-refractivity contribution in [3.63, 3.8) is 0 Å². The van der Waals surface area contributed by atoms with Crippen LogP contribution in [0, 0.1) is 13.8 Å². The third kappa shape index (κ3) is 1.68. The van der Waals surface area contributed by atoms with Gasteiger partial charge in [-0.1, -0.05) is 6.07 Å². The molecule has 2 rings (SSSR count). The number of urea groups is 1. The fourth-order valence-electron chi connectivity index (χ4n) is 2.00. The third-order valence-corrected chi connectivity index (χ3v) is 4.64. The number of rotatable bonds is 1. The van der Waals surface area contributed by atoms with E-state index in [9.17, 15) is 13.2 Å². The Kier molecular flexibility index (Phi) is 2.61. The molecule has 0 radical (unpaired) electrons. The van der Waals surface area contributed by atoms with Crippen LogP contribution in [0.2, 0.25) is 0 Å². The van der Waals surface area contributed by atoms with Crippen molar-refractivity contribution in [1.82, 2.24) is 4.31 Å². The van der Waals surface area contributed by atoms with Gasteiger partial charge in [-0.05, 0) is 38.0 Å². The summed E-state index contributed by atoms with van der Waals surface area (Å²) in [5.41, 5.74) is 2.01. The van der Waals surface area contributed by atoms with E-state index in [-0.39, 0.29) is 11.4 Å². The first-order valence-electron chi connectivity index (χ1n) is 5.33. The Hall–Kier alpha value is -1.56. The zero-order chi connectivity index (χ0) is 12.8. The van der Waals surface area contributed by atoms with Crippen molar-refractivity contribution >= 4 is 21.7 Å². The quantitative estimate of drug-likeness (QED) is 0.831. The van der Waals surface area contributed by atoms with Crippen molar-refractivity contribution in [3.05, 3.63) is 23.3 Å². The number of nitrogens with zero attached hydrogens (tertiary/aromatic N) is 1. The van der Waals surface area contributed by atoms with Crippen LogP contribution in [-0.2, 0) is 10.0 Å². The van der Waals surface area contributed by atoms with Gasteiger partial charge in [0.25, 0.3) is 10.0 Å². The lowest BCUT2D eigenvalue weighted by molar-refractivity contribution is 0.236. The molecule has 0 bridgehead atoms. The van der Waals surface area contributed by atoms with Gasteiger partial charge in [0.05, 0.1) is 5.69 Å². The lowest BCUT2D eigenvalue weighted by atomic mass is 10.1. The van der Waals surface area contributed by atoms with E-state index in [4.69, 9.17) is 0 Å². The van der Waals surface area contributed by atoms with Crippen LogP contribution in [0.3, 0.4) is 0 Å². The number of hydrogen-bond donors (Lipinski definition) is 1. The molecule has 0 aliphatic carbocycles. The molecule has 1 aromatic carbocycles. The highest BCUT2D eigenvalue weighted by Gasteiger charge is 2.36. The number of amides is 2.